The van der Waals surface area contributed by atoms with Crippen molar-refractivity contribution in [1.29, 1.82) is 0 Å². The van der Waals surface area contributed by atoms with E-state index in [0.29, 0.717) is 0 Å². The summed E-state index contributed by atoms with van der Waals surface area (Å²) in [7, 11) is 0. The summed E-state index contributed by atoms with van der Waals surface area (Å²) in [4.78, 5) is 0. The third-order valence-electron chi connectivity index (χ3n) is 1.12. The van der Waals surface area contributed by atoms with E-state index in [1.54, 1.807) is 6.92 Å². The number of unbranched alkanes of at least 4 members (excludes halogenated alkanes) is 3. The Bertz CT molecular complexity index is 24.2. The van der Waals surface area contributed by atoms with E-state index in [-0.39, 0.29) is 46.1 Å². The molecule has 0 aliphatic carbocycles. The van der Waals surface area contributed by atoms with Gasteiger partial charge in [-0.1, -0.05) is 33.6 Å². The molecule has 0 aromatic rings. The molecular weight excluding hydrogens is 217 g/mol. The minimum Gasteiger partial charge on any atom is -0.346 e. The molecule has 0 aromatic carbocycles. The Balaban J connectivity index is -0.0000000205. The van der Waals surface area contributed by atoms with Gasteiger partial charge in [-0.05, 0) is 0 Å². The van der Waals surface area contributed by atoms with Crippen LogP contribution in [0.4, 0.5) is 0 Å². The van der Waals surface area contributed by atoms with E-state index in [0.717, 1.165) is 12.8 Å². The van der Waals surface area contributed by atoms with Gasteiger partial charge in [0, 0.05) is 0 Å². The van der Waals surface area contributed by atoms with Crippen LogP contribution >= 0.6 is 0 Å². The molecule has 0 aromatic heterocycles. The Morgan fingerprint density at radius 3 is 0.938 bits per heavy atom. The molecule has 0 amide bonds. The second-order valence-corrected chi connectivity index (χ2v) is 2.52. The van der Waals surface area contributed by atoms with Crippen molar-refractivity contribution in [2.45, 2.75) is 66.7 Å². The van der Waals surface area contributed by atoms with Gasteiger partial charge in [0.15, 0.2) is 0 Å². The first-order valence-electron chi connectivity index (χ1n) is 5.81. The summed E-state index contributed by atoms with van der Waals surface area (Å²) in [6.45, 7) is 20.6. The second-order valence-electron chi connectivity index (χ2n) is 2.52. The van der Waals surface area contributed by atoms with Gasteiger partial charge in [0.05, 0.1) is 0 Å². The Labute approximate surface area is 139 Å². The summed E-state index contributed by atoms with van der Waals surface area (Å²) < 4.78 is 0. The van der Waals surface area contributed by atoms with Crippen LogP contribution in [0.2, 0.25) is 0 Å². The van der Waals surface area contributed by atoms with Crippen molar-refractivity contribution < 1.29 is 0 Å². The molecule has 0 radical (unpaired) electrons. The summed E-state index contributed by atoms with van der Waals surface area (Å²) in [5, 5.41) is 0. The summed E-state index contributed by atoms with van der Waals surface area (Å²) in [5.41, 5.74) is 0. The van der Waals surface area contributed by atoms with Crippen molar-refractivity contribution in [1.82, 2.24) is 0 Å². The summed E-state index contributed by atoms with van der Waals surface area (Å²) >= 11 is 0. The molecule has 0 nitrogen and oxygen atoms in total. The number of hydrogen-bond donors (Lipinski definition) is 0. The fraction of sp³-hybridized carbons (Fsp3) is 0.714. The fourth-order valence-electron chi connectivity index (χ4n) is 0. The van der Waals surface area contributed by atoms with Crippen molar-refractivity contribution in [2.24, 2.45) is 0 Å². The van der Waals surface area contributed by atoms with Crippen LogP contribution in [0.1, 0.15) is 66.7 Å². The zero-order valence-corrected chi connectivity index (χ0v) is 15.5. The van der Waals surface area contributed by atoms with Gasteiger partial charge in [-0.3, -0.25) is 0 Å². The quantitative estimate of drug-likeness (QED) is 0.490. The van der Waals surface area contributed by atoms with Crippen LogP contribution in [0.15, 0.2) is 0 Å². The van der Waals surface area contributed by atoms with Crippen molar-refractivity contribution >= 4 is 46.1 Å². The van der Waals surface area contributed by atoms with Crippen LogP contribution in [-0.2, 0) is 0 Å². The Morgan fingerprint density at radius 1 is 0.812 bits per heavy atom. The molecule has 0 aliphatic heterocycles. The summed E-state index contributed by atoms with van der Waals surface area (Å²) in [6, 6.07) is 0. The zero-order valence-electron chi connectivity index (χ0n) is 12.6. The van der Waals surface area contributed by atoms with E-state index in [1.807, 2.05) is 0 Å². The molecule has 0 unspecified atom stereocenters. The molecule has 16 heavy (non-hydrogen) atoms. The SMILES string of the molecule is C[CH-]CC.[CH2-]C.[CH2-]CCC.[CH2-]CCC.[Mg+2].[Mg+2]. The Kier molecular flexibility index (Phi) is 158. The molecule has 0 N–H and O–H groups in total. The van der Waals surface area contributed by atoms with Crippen LogP contribution in [-0.4, -0.2) is 46.1 Å². The van der Waals surface area contributed by atoms with Crippen LogP contribution in [0.25, 0.3) is 0 Å². The molecule has 0 saturated heterocycles. The molecule has 0 fully saturated rings. The molecule has 0 spiro atoms. The van der Waals surface area contributed by atoms with E-state index < -0.39 is 0 Å². The molecule has 0 bridgehead atoms. The minimum absolute atomic E-state index is 0. The van der Waals surface area contributed by atoms with Gasteiger partial charge in [0.2, 0.25) is 0 Å². The maximum atomic E-state index is 3.60. The molecule has 92 valence electrons. The first-order valence-corrected chi connectivity index (χ1v) is 5.81. The molecule has 0 atom stereocenters. The predicted octanol–water partition coefficient (Wildman–Crippen LogP) is 4.94. The van der Waals surface area contributed by atoms with Gasteiger partial charge in [-0.25, -0.2) is 0 Å². The maximum Gasteiger partial charge on any atom is 2.00 e. The van der Waals surface area contributed by atoms with Crippen molar-refractivity contribution in [3.05, 3.63) is 27.2 Å². The van der Waals surface area contributed by atoms with E-state index in [4.69, 9.17) is 0 Å². The monoisotopic (exact) mass is 248 g/mol. The molecule has 0 heterocycles. The normalized spacial score (nSPS) is 6.00. The van der Waals surface area contributed by atoms with Gasteiger partial charge < -0.3 is 27.2 Å². The van der Waals surface area contributed by atoms with Gasteiger partial charge >= 0.3 is 46.1 Å². The van der Waals surface area contributed by atoms with Gasteiger partial charge in [-0.15, -0.1) is 0 Å². The largest absolute Gasteiger partial charge is 2.00 e. The van der Waals surface area contributed by atoms with Gasteiger partial charge in [-0.2, -0.15) is 33.1 Å². The van der Waals surface area contributed by atoms with Crippen molar-refractivity contribution in [3.63, 3.8) is 0 Å². The molecule has 0 aliphatic rings. The predicted molar refractivity (Wildman–Crippen MR) is 83.3 cm³/mol. The maximum absolute atomic E-state index is 3.60. The third-order valence-corrected chi connectivity index (χ3v) is 1.12. The van der Waals surface area contributed by atoms with Gasteiger partial charge in [0.1, 0.15) is 0 Å². The average molecular weight is 249 g/mol. The Morgan fingerprint density at radius 2 is 0.938 bits per heavy atom. The van der Waals surface area contributed by atoms with Crippen molar-refractivity contribution in [2.75, 3.05) is 0 Å². The van der Waals surface area contributed by atoms with Crippen LogP contribution in [0, 0.1) is 27.2 Å². The number of rotatable bonds is 3. The van der Waals surface area contributed by atoms with Gasteiger partial charge in [0.25, 0.3) is 0 Å². The molecular formula is C14H32Mg2. The standard InChI is InChI=1S/3C4H9.C2H5.2Mg/c3*1-3-4-2;1-2;;/h3H,4H2,1-2H3;2*1,3-4H2,2H3;1H2,2H3;;/q4*-1;2*+2. The van der Waals surface area contributed by atoms with E-state index in [9.17, 15) is 0 Å². The number of hydrogen-bond acceptors (Lipinski definition) is 0. The zero-order chi connectivity index (χ0) is 12.2. The van der Waals surface area contributed by atoms with Crippen LogP contribution < -0.4 is 0 Å². The third kappa shape index (κ3) is 160. The average Bonchev–Trinajstić information content (AvgIpc) is 2.31. The summed E-state index contributed by atoms with van der Waals surface area (Å²) in [5.74, 6) is 0. The van der Waals surface area contributed by atoms with E-state index in [2.05, 4.69) is 54.9 Å². The molecule has 0 rings (SSSR count). The van der Waals surface area contributed by atoms with Crippen molar-refractivity contribution in [3.8, 4) is 0 Å². The summed E-state index contributed by atoms with van der Waals surface area (Å²) in [6.07, 6.45) is 7.88. The molecule has 0 saturated carbocycles. The molecule has 2 heteroatoms. The smallest absolute Gasteiger partial charge is 0.346 e. The van der Waals surface area contributed by atoms with Crippen LogP contribution in [0.3, 0.4) is 0 Å². The van der Waals surface area contributed by atoms with E-state index >= 15 is 0 Å². The topological polar surface area (TPSA) is 0 Å². The van der Waals surface area contributed by atoms with E-state index in [1.165, 1.54) is 19.3 Å². The first kappa shape index (κ1) is 36.0. The fourth-order valence-corrected chi connectivity index (χ4v) is 0. The Hall–Kier alpha value is 1.53. The minimum atomic E-state index is 0. The first-order chi connectivity index (χ1) is 6.74. The van der Waals surface area contributed by atoms with Crippen LogP contribution in [0.5, 0.6) is 0 Å². The second kappa shape index (κ2) is 70.3.